The molecule has 2 rings (SSSR count). The zero-order chi connectivity index (χ0) is 17.5. The number of carbonyl (C=O) groups is 1. The fourth-order valence-corrected chi connectivity index (χ4v) is 3.38. The van der Waals surface area contributed by atoms with Gasteiger partial charge in [0.05, 0.1) is 19.3 Å². The lowest BCUT2D eigenvalue weighted by Crippen LogP contribution is -2.46. The van der Waals surface area contributed by atoms with Gasteiger partial charge >= 0.3 is 0 Å². The van der Waals surface area contributed by atoms with Gasteiger partial charge in [-0.3, -0.25) is 4.79 Å². The summed E-state index contributed by atoms with van der Waals surface area (Å²) in [7, 11) is 0. The maximum Gasteiger partial charge on any atom is 0.239 e. The van der Waals surface area contributed by atoms with E-state index in [1.165, 1.54) is 5.56 Å². The summed E-state index contributed by atoms with van der Waals surface area (Å²) < 4.78 is 11.4. The molecule has 2 N–H and O–H groups in total. The van der Waals surface area contributed by atoms with Crippen LogP contribution in [0.5, 0.6) is 11.5 Å². The van der Waals surface area contributed by atoms with Crippen molar-refractivity contribution in [3.63, 3.8) is 0 Å². The first kappa shape index (κ1) is 18.9. The van der Waals surface area contributed by atoms with E-state index in [0.29, 0.717) is 26.3 Å². The average molecular weight is 353 g/mol. The minimum atomic E-state index is -0.409. The molecular formula is C18H28N2O3S. The lowest BCUT2D eigenvalue weighted by molar-refractivity contribution is -0.133. The fourth-order valence-electron chi connectivity index (χ4n) is 2.89. The molecular weight excluding hydrogens is 324 g/mol. The van der Waals surface area contributed by atoms with Crippen LogP contribution in [0.2, 0.25) is 0 Å². The van der Waals surface area contributed by atoms with Crippen molar-refractivity contribution in [3.8, 4) is 11.5 Å². The van der Waals surface area contributed by atoms with E-state index in [-0.39, 0.29) is 5.91 Å². The molecule has 0 aromatic heterocycles. The number of carbonyl (C=O) groups excluding carboxylic acids is 1. The quantitative estimate of drug-likeness (QED) is 0.778. The summed E-state index contributed by atoms with van der Waals surface area (Å²) in [4.78, 5) is 14.4. The van der Waals surface area contributed by atoms with Crippen LogP contribution in [0.4, 0.5) is 0 Å². The summed E-state index contributed by atoms with van der Waals surface area (Å²) in [6.07, 6.45) is 3.57. The van der Waals surface area contributed by atoms with Crippen LogP contribution in [0.1, 0.15) is 31.4 Å². The highest BCUT2D eigenvalue weighted by atomic mass is 32.2. The Balaban J connectivity index is 2.14. The zero-order valence-electron chi connectivity index (χ0n) is 14.8. The van der Waals surface area contributed by atoms with Crippen LogP contribution in [0.3, 0.4) is 0 Å². The Kier molecular flexibility index (Phi) is 7.24. The summed E-state index contributed by atoms with van der Waals surface area (Å²) in [5.41, 5.74) is 8.40. The minimum absolute atomic E-state index is 0.0431. The first-order valence-electron chi connectivity index (χ1n) is 8.55. The van der Waals surface area contributed by atoms with Crippen molar-refractivity contribution in [2.75, 3.05) is 31.8 Å². The molecule has 0 bridgehead atoms. The first-order valence-corrected chi connectivity index (χ1v) is 9.94. The third kappa shape index (κ3) is 4.57. The second-order valence-corrected chi connectivity index (χ2v) is 6.82. The van der Waals surface area contributed by atoms with Crippen LogP contribution in [-0.2, 0) is 17.8 Å². The van der Waals surface area contributed by atoms with Crippen LogP contribution in [-0.4, -0.2) is 48.6 Å². The average Bonchev–Trinajstić information content (AvgIpc) is 2.59. The molecule has 1 atom stereocenters. The Morgan fingerprint density at radius 2 is 1.88 bits per heavy atom. The third-order valence-corrected chi connectivity index (χ3v) is 4.78. The second-order valence-electron chi connectivity index (χ2n) is 5.83. The first-order chi connectivity index (χ1) is 11.6. The van der Waals surface area contributed by atoms with E-state index < -0.39 is 6.04 Å². The van der Waals surface area contributed by atoms with Gasteiger partial charge in [-0.05, 0) is 62.0 Å². The van der Waals surface area contributed by atoms with Crippen LogP contribution < -0.4 is 15.2 Å². The molecule has 1 aromatic carbocycles. The van der Waals surface area contributed by atoms with E-state index in [1.807, 2.05) is 31.1 Å². The molecule has 1 heterocycles. The molecule has 24 heavy (non-hydrogen) atoms. The maximum absolute atomic E-state index is 12.5. The number of nitrogens with zero attached hydrogens (tertiary/aromatic N) is 1. The number of ether oxygens (including phenoxy) is 2. The van der Waals surface area contributed by atoms with Gasteiger partial charge < -0.3 is 20.1 Å². The van der Waals surface area contributed by atoms with Crippen LogP contribution in [0, 0.1) is 0 Å². The molecule has 0 fully saturated rings. The van der Waals surface area contributed by atoms with Gasteiger partial charge in [0.1, 0.15) is 0 Å². The standard InChI is InChI=1S/C18H28N2O3S/c1-4-22-16-10-13-6-8-20(18(21)15(19)7-9-24-3)12-14(13)11-17(16)23-5-2/h10-11,15H,4-9,12,19H2,1-3H3/t15-/m0/s1. The van der Waals surface area contributed by atoms with Crippen molar-refractivity contribution in [1.82, 2.24) is 4.90 Å². The number of rotatable bonds is 8. The lowest BCUT2D eigenvalue weighted by atomic mass is 9.98. The van der Waals surface area contributed by atoms with Gasteiger partial charge in [-0.15, -0.1) is 0 Å². The van der Waals surface area contributed by atoms with Gasteiger partial charge in [-0.2, -0.15) is 11.8 Å². The van der Waals surface area contributed by atoms with Crippen molar-refractivity contribution in [1.29, 1.82) is 0 Å². The number of amides is 1. The normalized spacial score (nSPS) is 14.9. The molecule has 134 valence electrons. The van der Waals surface area contributed by atoms with Crippen LogP contribution in [0.25, 0.3) is 0 Å². The van der Waals surface area contributed by atoms with Crippen molar-refractivity contribution in [2.24, 2.45) is 5.73 Å². The molecule has 0 saturated heterocycles. The SMILES string of the molecule is CCOc1cc2c(cc1OCC)CN(C(=O)[C@@H](N)CCSC)CC2. The predicted octanol–water partition coefficient (Wildman–Crippen LogP) is 2.45. The van der Waals surface area contributed by atoms with Crippen LogP contribution >= 0.6 is 11.8 Å². The third-order valence-electron chi connectivity index (χ3n) is 4.14. The Morgan fingerprint density at radius 3 is 2.46 bits per heavy atom. The van der Waals surface area contributed by atoms with E-state index in [9.17, 15) is 4.79 Å². The van der Waals surface area contributed by atoms with Crippen molar-refractivity contribution in [3.05, 3.63) is 23.3 Å². The summed E-state index contributed by atoms with van der Waals surface area (Å²) >= 11 is 1.72. The number of hydrogen-bond donors (Lipinski definition) is 1. The molecule has 0 unspecified atom stereocenters. The van der Waals surface area contributed by atoms with E-state index in [4.69, 9.17) is 15.2 Å². The lowest BCUT2D eigenvalue weighted by Gasteiger charge is -2.31. The van der Waals surface area contributed by atoms with Gasteiger partial charge in [0.2, 0.25) is 5.91 Å². The Bertz CT molecular complexity index is 565. The van der Waals surface area contributed by atoms with Gasteiger partial charge in [-0.25, -0.2) is 0 Å². The van der Waals surface area contributed by atoms with Crippen molar-refractivity contribution < 1.29 is 14.3 Å². The molecule has 1 amide bonds. The number of fused-ring (bicyclic) bond motifs is 1. The Labute approximate surface area is 148 Å². The minimum Gasteiger partial charge on any atom is -0.490 e. The molecule has 1 aromatic rings. The summed E-state index contributed by atoms with van der Waals surface area (Å²) in [5, 5.41) is 0. The number of nitrogens with two attached hydrogens (primary N) is 1. The highest BCUT2D eigenvalue weighted by Gasteiger charge is 2.26. The molecule has 0 spiro atoms. The van der Waals surface area contributed by atoms with Crippen LogP contribution in [0.15, 0.2) is 12.1 Å². The van der Waals surface area contributed by atoms with Gasteiger partial charge in [0.15, 0.2) is 11.5 Å². The van der Waals surface area contributed by atoms with E-state index >= 15 is 0 Å². The monoisotopic (exact) mass is 352 g/mol. The molecule has 1 aliphatic heterocycles. The van der Waals surface area contributed by atoms with Gasteiger partial charge in [0, 0.05) is 13.1 Å². The zero-order valence-corrected chi connectivity index (χ0v) is 15.7. The summed E-state index contributed by atoms with van der Waals surface area (Å²) in [5.74, 6) is 2.49. The Hall–Kier alpha value is -1.40. The molecule has 6 heteroatoms. The Morgan fingerprint density at radius 1 is 1.25 bits per heavy atom. The maximum atomic E-state index is 12.5. The van der Waals surface area contributed by atoms with Gasteiger partial charge in [-0.1, -0.05) is 0 Å². The fraction of sp³-hybridized carbons (Fsp3) is 0.611. The predicted molar refractivity (Wildman–Crippen MR) is 98.9 cm³/mol. The molecule has 0 radical (unpaired) electrons. The van der Waals surface area contributed by atoms with E-state index in [0.717, 1.165) is 35.7 Å². The number of benzene rings is 1. The van der Waals surface area contributed by atoms with E-state index in [2.05, 4.69) is 6.07 Å². The largest absolute Gasteiger partial charge is 0.490 e. The number of hydrogen-bond acceptors (Lipinski definition) is 5. The molecule has 0 saturated carbocycles. The number of thioether (sulfide) groups is 1. The molecule has 1 aliphatic rings. The van der Waals surface area contributed by atoms with E-state index in [1.54, 1.807) is 11.8 Å². The summed E-state index contributed by atoms with van der Waals surface area (Å²) in [6.45, 7) is 6.40. The highest BCUT2D eigenvalue weighted by molar-refractivity contribution is 7.98. The second kappa shape index (κ2) is 9.18. The highest BCUT2D eigenvalue weighted by Crippen LogP contribution is 2.34. The summed E-state index contributed by atoms with van der Waals surface area (Å²) in [6, 6.07) is 3.66. The smallest absolute Gasteiger partial charge is 0.239 e. The molecule has 5 nitrogen and oxygen atoms in total. The molecule has 0 aliphatic carbocycles. The van der Waals surface area contributed by atoms with Gasteiger partial charge in [0.25, 0.3) is 0 Å². The van der Waals surface area contributed by atoms with Crippen molar-refractivity contribution in [2.45, 2.75) is 39.3 Å². The van der Waals surface area contributed by atoms with Crippen molar-refractivity contribution >= 4 is 17.7 Å². The topological polar surface area (TPSA) is 64.8 Å².